The lowest BCUT2D eigenvalue weighted by molar-refractivity contribution is -0.118. The van der Waals surface area contributed by atoms with Crippen molar-refractivity contribution in [3.05, 3.63) is 0 Å². The largest absolute Gasteiger partial charge is 0.393 e. The van der Waals surface area contributed by atoms with Gasteiger partial charge in [-0.05, 0) is 13.3 Å². The van der Waals surface area contributed by atoms with Gasteiger partial charge in [0.05, 0.1) is 6.10 Å². The number of ketones is 1. The highest BCUT2D eigenvalue weighted by Gasteiger charge is 2.06. The molecule has 0 fully saturated rings. The van der Waals surface area contributed by atoms with Crippen LogP contribution >= 0.6 is 0 Å². The van der Waals surface area contributed by atoms with Crippen molar-refractivity contribution >= 4 is 5.78 Å². The van der Waals surface area contributed by atoms with E-state index >= 15 is 0 Å². The van der Waals surface area contributed by atoms with E-state index in [0.29, 0.717) is 6.42 Å². The molecule has 0 aliphatic rings. The van der Waals surface area contributed by atoms with E-state index in [-0.39, 0.29) is 5.78 Å². The highest BCUT2D eigenvalue weighted by atomic mass is 16.3. The van der Waals surface area contributed by atoms with Gasteiger partial charge in [0.25, 0.3) is 0 Å². The summed E-state index contributed by atoms with van der Waals surface area (Å²) in [5.41, 5.74) is 0. The third kappa shape index (κ3) is 13.6. The van der Waals surface area contributed by atoms with Crippen molar-refractivity contribution in [2.75, 3.05) is 0 Å². The molecule has 0 aromatic carbocycles. The van der Waals surface area contributed by atoms with E-state index in [1.54, 1.807) is 6.92 Å². The smallest absolute Gasteiger partial charge is 0.132 e. The van der Waals surface area contributed by atoms with E-state index in [1.165, 1.54) is 51.4 Å². The van der Waals surface area contributed by atoms with Gasteiger partial charge in [0, 0.05) is 6.42 Å². The van der Waals surface area contributed by atoms with Gasteiger partial charge >= 0.3 is 0 Å². The average molecular weight is 242 g/mol. The first-order valence-electron chi connectivity index (χ1n) is 7.34. The first kappa shape index (κ1) is 16.6. The molecule has 0 saturated heterocycles. The highest BCUT2D eigenvalue weighted by molar-refractivity contribution is 5.75. The molecule has 102 valence electrons. The molecular weight excluding hydrogens is 212 g/mol. The van der Waals surface area contributed by atoms with E-state index in [4.69, 9.17) is 0 Å². The summed E-state index contributed by atoms with van der Waals surface area (Å²) in [6.07, 6.45) is 12.4. The van der Waals surface area contributed by atoms with Crippen molar-refractivity contribution in [1.82, 2.24) is 0 Å². The molecule has 0 rings (SSSR count). The fourth-order valence-corrected chi connectivity index (χ4v) is 2.12. The average Bonchev–Trinajstić information content (AvgIpc) is 2.26. The van der Waals surface area contributed by atoms with Gasteiger partial charge in [-0.2, -0.15) is 0 Å². The van der Waals surface area contributed by atoms with Gasteiger partial charge in [0.1, 0.15) is 5.78 Å². The maximum Gasteiger partial charge on any atom is 0.132 e. The summed E-state index contributed by atoms with van der Waals surface area (Å²) < 4.78 is 0. The third-order valence-electron chi connectivity index (χ3n) is 3.16. The number of hydrogen-bond donors (Lipinski definition) is 1. The fraction of sp³-hybridized carbons (Fsp3) is 0.933. The van der Waals surface area contributed by atoms with E-state index in [9.17, 15) is 9.90 Å². The van der Waals surface area contributed by atoms with Gasteiger partial charge < -0.3 is 5.11 Å². The van der Waals surface area contributed by atoms with Crippen LogP contribution in [0.5, 0.6) is 0 Å². The summed E-state index contributed by atoms with van der Waals surface area (Å²) in [5.74, 6) is 0.0911. The summed E-state index contributed by atoms with van der Waals surface area (Å²) in [6.45, 7) is 3.78. The fourth-order valence-electron chi connectivity index (χ4n) is 2.12. The van der Waals surface area contributed by atoms with Crippen LogP contribution < -0.4 is 0 Å². The molecule has 0 aliphatic carbocycles. The van der Waals surface area contributed by atoms with Crippen molar-refractivity contribution < 1.29 is 9.90 Å². The van der Waals surface area contributed by atoms with Crippen LogP contribution in [0.15, 0.2) is 0 Å². The lowest BCUT2D eigenvalue weighted by Crippen LogP contribution is -2.10. The minimum Gasteiger partial charge on any atom is -0.393 e. The number of unbranched alkanes of at least 4 members (excludes halogenated alkanes) is 8. The molecule has 0 aromatic heterocycles. The number of hydrogen-bond acceptors (Lipinski definition) is 2. The SMILES string of the molecule is CCCCCCCCCCC[C@@H](O)CC(C)=O. The summed E-state index contributed by atoms with van der Waals surface area (Å²) in [5, 5.41) is 9.50. The second kappa shape index (κ2) is 12.1. The van der Waals surface area contributed by atoms with Crippen LogP contribution in [0, 0.1) is 0 Å². The molecule has 0 aromatic rings. The molecule has 0 radical (unpaired) electrons. The number of aliphatic hydroxyl groups excluding tert-OH is 1. The summed E-state index contributed by atoms with van der Waals surface area (Å²) in [6, 6.07) is 0. The lowest BCUT2D eigenvalue weighted by atomic mass is 10.0. The monoisotopic (exact) mass is 242 g/mol. The molecule has 1 N–H and O–H groups in total. The zero-order valence-electron chi connectivity index (χ0n) is 11.7. The maximum atomic E-state index is 10.8. The summed E-state index contributed by atoms with van der Waals surface area (Å²) in [7, 11) is 0. The minimum absolute atomic E-state index is 0.0911. The van der Waals surface area contributed by atoms with Crippen LogP contribution in [0.25, 0.3) is 0 Å². The van der Waals surface area contributed by atoms with Crippen molar-refractivity contribution in [1.29, 1.82) is 0 Å². The summed E-state index contributed by atoms with van der Waals surface area (Å²) >= 11 is 0. The van der Waals surface area contributed by atoms with Crippen LogP contribution in [-0.2, 0) is 4.79 Å². The minimum atomic E-state index is -0.406. The molecule has 0 spiro atoms. The standard InChI is InChI=1S/C15H30O2/c1-3-4-5-6-7-8-9-10-11-12-15(17)13-14(2)16/h15,17H,3-13H2,1-2H3/t15-/m1/s1. The van der Waals surface area contributed by atoms with E-state index < -0.39 is 6.10 Å². The molecule has 17 heavy (non-hydrogen) atoms. The predicted molar refractivity (Wildman–Crippen MR) is 73.1 cm³/mol. The Morgan fingerprint density at radius 1 is 0.941 bits per heavy atom. The zero-order valence-corrected chi connectivity index (χ0v) is 11.7. The molecule has 0 aliphatic heterocycles. The number of carbonyl (C=O) groups is 1. The first-order chi connectivity index (χ1) is 8.16. The van der Waals surface area contributed by atoms with Crippen molar-refractivity contribution in [3.63, 3.8) is 0 Å². The molecule has 0 heterocycles. The van der Waals surface area contributed by atoms with Gasteiger partial charge in [0.2, 0.25) is 0 Å². The molecule has 2 nitrogen and oxygen atoms in total. The van der Waals surface area contributed by atoms with Crippen LogP contribution in [0.2, 0.25) is 0 Å². The summed E-state index contributed by atoms with van der Waals surface area (Å²) in [4.78, 5) is 10.8. The molecule has 1 atom stereocenters. The third-order valence-corrected chi connectivity index (χ3v) is 3.16. The number of aliphatic hydroxyl groups is 1. The molecule has 0 bridgehead atoms. The van der Waals surface area contributed by atoms with Crippen LogP contribution in [0.1, 0.15) is 84.5 Å². The predicted octanol–water partition coefficient (Wildman–Crippen LogP) is 4.25. The van der Waals surface area contributed by atoms with E-state index in [0.717, 1.165) is 12.8 Å². The van der Waals surface area contributed by atoms with Crippen LogP contribution in [0.3, 0.4) is 0 Å². The molecule has 2 heteroatoms. The van der Waals surface area contributed by atoms with Gasteiger partial charge in [-0.25, -0.2) is 0 Å². The van der Waals surface area contributed by atoms with Gasteiger partial charge in [-0.1, -0.05) is 64.7 Å². The lowest BCUT2D eigenvalue weighted by Gasteiger charge is -2.07. The molecule has 0 amide bonds. The Labute approximate surface area is 107 Å². The Hall–Kier alpha value is -0.370. The quantitative estimate of drug-likeness (QED) is 0.519. The Balaban J connectivity index is 3.10. The Bertz CT molecular complexity index is 178. The first-order valence-corrected chi connectivity index (χ1v) is 7.34. The number of carbonyl (C=O) groups excluding carboxylic acids is 1. The van der Waals surface area contributed by atoms with Crippen molar-refractivity contribution in [2.45, 2.75) is 90.6 Å². The van der Waals surface area contributed by atoms with E-state index in [2.05, 4.69) is 6.92 Å². The maximum absolute atomic E-state index is 10.8. The Morgan fingerprint density at radius 3 is 1.88 bits per heavy atom. The second-order valence-corrected chi connectivity index (χ2v) is 5.18. The normalized spacial score (nSPS) is 12.6. The van der Waals surface area contributed by atoms with Gasteiger partial charge in [-0.3, -0.25) is 4.79 Å². The van der Waals surface area contributed by atoms with Crippen molar-refractivity contribution in [3.8, 4) is 0 Å². The van der Waals surface area contributed by atoms with Gasteiger partial charge in [0.15, 0.2) is 0 Å². The van der Waals surface area contributed by atoms with Crippen LogP contribution in [-0.4, -0.2) is 17.0 Å². The van der Waals surface area contributed by atoms with E-state index in [1.807, 2.05) is 0 Å². The van der Waals surface area contributed by atoms with Gasteiger partial charge in [-0.15, -0.1) is 0 Å². The number of rotatable bonds is 12. The number of Topliss-reactive ketones (excluding diaryl/α,β-unsaturated/α-hetero) is 1. The Kier molecular flexibility index (Phi) is 11.8. The Morgan fingerprint density at radius 2 is 1.41 bits per heavy atom. The van der Waals surface area contributed by atoms with Crippen molar-refractivity contribution in [2.24, 2.45) is 0 Å². The highest BCUT2D eigenvalue weighted by Crippen LogP contribution is 2.12. The molecular formula is C15H30O2. The van der Waals surface area contributed by atoms with Crippen LogP contribution in [0.4, 0.5) is 0 Å². The second-order valence-electron chi connectivity index (χ2n) is 5.18. The molecule has 0 unspecified atom stereocenters. The molecule has 0 saturated carbocycles. The zero-order chi connectivity index (χ0) is 12.9. The topological polar surface area (TPSA) is 37.3 Å².